The Morgan fingerprint density at radius 2 is 1.90 bits per heavy atom. The third-order valence-corrected chi connectivity index (χ3v) is 7.51. The van der Waals surface area contributed by atoms with Crippen LogP contribution in [0.4, 0.5) is 5.95 Å². The molecular weight excluding hydrogens is 382 g/mol. The molecule has 0 amide bonds. The highest BCUT2D eigenvalue weighted by atomic mass is 32.2. The molecule has 1 aromatic rings. The van der Waals surface area contributed by atoms with E-state index in [4.69, 9.17) is 14.7 Å². The third kappa shape index (κ3) is 4.76. The molecular formula is C22H33N5OS. The molecule has 1 aromatic heterocycles. The molecule has 29 heavy (non-hydrogen) atoms. The van der Waals surface area contributed by atoms with Crippen LogP contribution in [0.25, 0.3) is 0 Å². The first-order valence-electron chi connectivity index (χ1n) is 11.0. The molecule has 1 saturated heterocycles. The number of aromatic nitrogens is 2. The first-order valence-corrected chi connectivity index (χ1v) is 11.9. The van der Waals surface area contributed by atoms with Crippen LogP contribution in [0.5, 0.6) is 0 Å². The van der Waals surface area contributed by atoms with Gasteiger partial charge in [0.2, 0.25) is 5.95 Å². The lowest BCUT2D eigenvalue weighted by molar-refractivity contribution is 0.125. The Kier molecular flexibility index (Phi) is 6.13. The van der Waals surface area contributed by atoms with E-state index in [0.29, 0.717) is 11.8 Å². The van der Waals surface area contributed by atoms with Crippen molar-refractivity contribution in [2.75, 3.05) is 18.0 Å². The average Bonchev–Trinajstić information content (AvgIpc) is 3.59. The normalized spacial score (nSPS) is 29.3. The number of ether oxygens (including phenoxy) is 1. The fourth-order valence-corrected chi connectivity index (χ4v) is 4.83. The van der Waals surface area contributed by atoms with Gasteiger partial charge >= 0.3 is 0 Å². The van der Waals surface area contributed by atoms with Gasteiger partial charge in [0, 0.05) is 25.5 Å². The van der Waals surface area contributed by atoms with E-state index in [1.54, 1.807) is 0 Å². The topological polar surface area (TPSA) is 63.0 Å². The summed E-state index contributed by atoms with van der Waals surface area (Å²) in [5.74, 6) is 2.10. The summed E-state index contributed by atoms with van der Waals surface area (Å²) in [6.45, 7) is 10.6. The molecule has 0 radical (unpaired) electrons. The van der Waals surface area contributed by atoms with Crippen molar-refractivity contribution >= 4 is 28.5 Å². The van der Waals surface area contributed by atoms with E-state index in [9.17, 15) is 0 Å². The number of thioether (sulfide) groups is 1. The second kappa shape index (κ2) is 8.62. The summed E-state index contributed by atoms with van der Waals surface area (Å²) in [7, 11) is 0. The van der Waals surface area contributed by atoms with Crippen molar-refractivity contribution < 1.29 is 4.74 Å². The summed E-state index contributed by atoms with van der Waals surface area (Å²) < 4.78 is 6.28. The van der Waals surface area contributed by atoms with Crippen molar-refractivity contribution in [2.24, 2.45) is 15.9 Å². The molecule has 2 aliphatic heterocycles. The van der Waals surface area contributed by atoms with Crippen LogP contribution >= 0.6 is 11.8 Å². The molecule has 0 N–H and O–H groups in total. The molecule has 3 aliphatic rings. The molecule has 158 valence electrons. The highest BCUT2D eigenvalue weighted by Gasteiger charge is 2.32. The zero-order valence-corrected chi connectivity index (χ0v) is 18.9. The van der Waals surface area contributed by atoms with Crippen LogP contribution in [-0.2, 0) is 4.74 Å². The molecule has 3 heterocycles. The van der Waals surface area contributed by atoms with Crippen molar-refractivity contribution in [2.45, 2.75) is 83.4 Å². The Morgan fingerprint density at radius 1 is 1.21 bits per heavy atom. The fraction of sp³-hybridized carbons (Fsp3) is 0.727. The Hall–Kier alpha value is -1.63. The molecule has 0 spiro atoms. The van der Waals surface area contributed by atoms with Crippen LogP contribution < -0.4 is 4.90 Å². The van der Waals surface area contributed by atoms with Gasteiger partial charge in [-0.15, -0.1) is 0 Å². The summed E-state index contributed by atoms with van der Waals surface area (Å²) in [5, 5.41) is 0.757. The second-order valence-electron chi connectivity index (χ2n) is 8.87. The quantitative estimate of drug-likeness (QED) is 0.700. The van der Waals surface area contributed by atoms with Crippen molar-refractivity contribution in [3.05, 3.63) is 18.0 Å². The number of rotatable bonds is 5. The molecule has 1 unspecified atom stereocenters. The summed E-state index contributed by atoms with van der Waals surface area (Å²) in [5.41, 5.74) is 3.07. The Balaban J connectivity index is 1.30. The van der Waals surface area contributed by atoms with E-state index in [0.717, 1.165) is 43.5 Å². The minimum atomic E-state index is -0.137. The summed E-state index contributed by atoms with van der Waals surface area (Å²) in [6, 6.07) is 0.124. The standard InChI is InChI=1S/C22H33N5OS/c1-5-22(4)16(3)26-21(29-14-25-22)28-15(2)17-8-10-27(11-9-17)20-23-12-19(13-24-20)18-6-7-18/h12-18H,5-11H2,1-4H3/t15?,16-,22+/m0/s1. The van der Waals surface area contributed by atoms with Gasteiger partial charge in [-0.25, -0.2) is 15.0 Å². The Morgan fingerprint density at radius 3 is 2.52 bits per heavy atom. The number of nitrogens with zero attached hydrogens (tertiary/aromatic N) is 5. The number of hydrogen-bond acceptors (Lipinski definition) is 7. The van der Waals surface area contributed by atoms with E-state index in [2.05, 4.69) is 42.6 Å². The monoisotopic (exact) mass is 415 g/mol. The van der Waals surface area contributed by atoms with Gasteiger partial charge in [-0.3, -0.25) is 4.99 Å². The van der Waals surface area contributed by atoms with Gasteiger partial charge in [-0.2, -0.15) is 0 Å². The predicted molar refractivity (Wildman–Crippen MR) is 121 cm³/mol. The number of aliphatic imine (C=N–C) groups is 2. The minimum Gasteiger partial charge on any atom is -0.469 e. The molecule has 6 nitrogen and oxygen atoms in total. The largest absolute Gasteiger partial charge is 0.469 e. The zero-order valence-electron chi connectivity index (χ0n) is 18.0. The van der Waals surface area contributed by atoms with Crippen LogP contribution in [0.2, 0.25) is 0 Å². The van der Waals surface area contributed by atoms with E-state index in [1.807, 2.05) is 17.9 Å². The number of anilines is 1. The van der Waals surface area contributed by atoms with Crippen LogP contribution in [-0.4, -0.2) is 51.5 Å². The maximum Gasteiger partial charge on any atom is 0.252 e. The first-order chi connectivity index (χ1) is 14.0. The molecule has 1 aliphatic carbocycles. The van der Waals surface area contributed by atoms with E-state index >= 15 is 0 Å². The first kappa shape index (κ1) is 20.6. The van der Waals surface area contributed by atoms with E-state index < -0.39 is 0 Å². The van der Waals surface area contributed by atoms with Crippen LogP contribution in [0, 0.1) is 5.92 Å². The lowest BCUT2D eigenvalue weighted by Crippen LogP contribution is -2.39. The summed E-state index contributed by atoms with van der Waals surface area (Å²) >= 11 is 1.51. The Labute approximate surface area is 178 Å². The van der Waals surface area contributed by atoms with Gasteiger partial charge in [0.25, 0.3) is 5.23 Å². The molecule has 3 atom stereocenters. The van der Waals surface area contributed by atoms with Gasteiger partial charge in [0.1, 0.15) is 6.10 Å². The molecule has 0 aromatic carbocycles. The minimum absolute atomic E-state index is 0.124. The van der Waals surface area contributed by atoms with Gasteiger partial charge < -0.3 is 9.64 Å². The van der Waals surface area contributed by atoms with Crippen molar-refractivity contribution in [3.8, 4) is 0 Å². The molecule has 4 rings (SSSR count). The van der Waals surface area contributed by atoms with Crippen LogP contribution in [0.15, 0.2) is 22.4 Å². The van der Waals surface area contributed by atoms with E-state index in [-0.39, 0.29) is 17.7 Å². The van der Waals surface area contributed by atoms with Crippen molar-refractivity contribution in [1.82, 2.24) is 9.97 Å². The average molecular weight is 416 g/mol. The molecule has 2 fully saturated rings. The Bertz CT molecular complexity index is 755. The van der Waals surface area contributed by atoms with Gasteiger partial charge in [0.05, 0.1) is 17.1 Å². The zero-order chi connectivity index (χ0) is 20.4. The molecule has 1 saturated carbocycles. The van der Waals surface area contributed by atoms with E-state index in [1.165, 1.54) is 30.2 Å². The lowest BCUT2D eigenvalue weighted by atomic mass is 9.92. The third-order valence-electron chi connectivity index (χ3n) is 6.90. The van der Waals surface area contributed by atoms with Crippen LogP contribution in [0.1, 0.15) is 71.3 Å². The number of hydrogen-bond donors (Lipinski definition) is 0. The lowest BCUT2D eigenvalue weighted by Gasteiger charge is -2.34. The second-order valence-corrected chi connectivity index (χ2v) is 9.67. The highest BCUT2D eigenvalue weighted by Crippen LogP contribution is 2.39. The summed E-state index contributed by atoms with van der Waals surface area (Å²) in [4.78, 5) is 21.1. The van der Waals surface area contributed by atoms with Crippen LogP contribution in [0.3, 0.4) is 0 Å². The fourth-order valence-electron chi connectivity index (χ4n) is 4.02. The number of piperidine rings is 1. The van der Waals surface area contributed by atoms with Crippen molar-refractivity contribution in [1.29, 1.82) is 0 Å². The SMILES string of the molecule is CC[C@@]1(C)N=CSC(OC(C)C2CCN(c3ncc(C4CC4)cn3)CC2)=N[C@H]1C. The highest BCUT2D eigenvalue weighted by molar-refractivity contribution is 8.24. The van der Waals surface area contributed by atoms with Crippen molar-refractivity contribution in [3.63, 3.8) is 0 Å². The van der Waals surface area contributed by atoms with Gasteiger partial charge in [-0.05, 0) is 82.0 Å². The maximum atomic E-state index is 6.28. The van der Waals surface area contributed by atoms with Gasteiger partial charge in [0.15, 0.2) is 0 Å². The summed E-state index contributed by atoms with van der Waals surface area (Å²) in [6.07, 6.45) is 9.91. The molecule has 7 heteroatoms. The van der Waals surface area contributed by atoms with Gasteiger partial charge in [-0.1, -0.05) is 6.92 Å². The predicted octanol–water partition coefficient (Wildman–Crippen LogP) is 4.66. The smallest absolute Gasteiger partial charge is 0.252 e. The maximum absolute atomic E-state index is 6.28. The molecule has 0 bridgehead atoms.